The van der Waals surface area contributed by atoms with Gasteiger partial charge in [-0.3, -0.25) is 0 Å². The maximum Gasteiger partial charge on any atom is 0.0245 e. The Balaban J connectivity index is 2.17. The molecule has 0 aromatic heterocycles. The van der Waals surface area contributed by atoms with Gasteiger partial charge in [-0.15, -0.1) is 6.42 Å². The summed E-state index contributed by atoms with van der Waals surface area (Å²) in [6.07, 6.45) is 10.8. The molecule has 90 valence electrons. The lowest BCUT2D eigenvalue weighted by Crippen LogP contribution is -2.01. The molecule has 0 radical (unpaired) electrons. The van der Waals surface area contributed by atoms with E-state index < -0.39 is 0 Å². The van der Waals surface area contributed by atoms with Gasteiger partial charge in [0, 0.05) is 5.56 Å². The molecule has 0 unspecified atom stereocenters. The van der Waals surface area contributed by atoms with Crippen molar-refractivity contribution in [2.75, 3.05) is 0 Å². The smallest absolute Gasteiger partial charge is 0.0245 e. The summed E-state index contributed by atoms with van der Waals surface area (Å²) < 4.78 is 0. The molecule has 1 aliphatic carbocycles. The molecule has 0 heteroatoms. The number of benzene rings is 1. The molecule has 0 bridgehead atoms. The van der Waals surface area contributed by atoms with Gasteiger partial charge in [-0.1, -0.05) is 32.8 Å². The van der Waals surface area contributed by atoms with E-state index in [1.165, 1.54) is 36.8 Å². The fourth-order valence-corrected chi connectivity index (χ4v) is 2.35. The van der Waals surface area contributed by atoms with E-state index in [1.807, 2.05) is 0 Å². The van der Waals surface area contributed by atoms with Crippen molar-refractivity contribution in [2.45, 2.75) is 52.4 Å². The average molecular weight is 226 g/mol. The summed E-state index contributed by atoms with van der Waals surface area (Å²) in [6, 6.07) is 6.50. The summed E-state index contributed by atoms with van der Waals surface area (Å²) in [7, 11) is 0. The highest BCUT2D eigenvalue weighted by atomic mass is 14.4. The van der Waals surface area contributed by atoms with Crippen molar-refractivity contribution < 1.29 is 0 Å². The van der Waals surface area contributed by atoms with Crippen LogP contribution in [0.1, 0.15) is 62.6 Å². The van der Waals surface area contributed by atoms with Gasteiger partial charge in [0.25, 0.3) is 0 Å². The van der Waals surface area contributed by atoms with Gasteiger partial charge in [-0.25, -0.2) is 0 Å². The molecule has 1 saturated carbocycles. The van der Waals surface area contributed by atoms with E-state index in [-0.39, 0.29) is 0 Å². The highest BCUT2D eigenvalue weighted by Crippen LogP contribution is 2.48. The molecule has 0 atom stereocenters. The molecule has 0 amide bonds. The van der Waals surface area contributed by atoms with E-state index in [0.717, 1.165) is 5.56 Å². The maximum absolute atomic E-state index is 5.47. The minimum absolute atomic E-state index is 0.560. The van der Waals surface area contributed by atoms with Gasteiger partial charge in [-0.05, 0) is 60.3 Å². The Bertz CT molecular complexity index is 442. The lowest BCUT2D eigenvalue weighted by Gasteiger charge is -2.15. The van der Waals surface area contributed by atoms with Gasteiger partial charge in [0.1, 0.15) is 0 Å². The number of hydrogen-bond donors (Lipinski definition) is 0. The molecule has 0 N–H and O–H groups in total. The molecule has 2 rings (SSSR count). The van der Waals surface area contributed by atoms with Crippen LogP contribution in [0.2, 0.25) is 0 Å². The zero-order chi connectivity index (χ0) is 12.5. The Morgan fingerprint density at radius 2 is 2.06 bits per heavy atom. The van der Waals surface area contributed by atoms with Crippen LogP contribution in [0.25, 0.3) is 0 Å². The van der Waals surface area contributed by atoms with Gasteiger partial charge in [-0.2, -0.15) is 0 Å². The van der Waals surface area contributed by atoms with E-state index in [1.54, 1.807) is 0 Å². The Labute approximate surface area is 105 Å². The fraction of sp³-hybridized carbons (Fsp3) is 0.529. The Morgan fingerprint density at radius 1 is 1.35 bits per heavy atom. The van der Waals surface area contributed by atoms with Gasteiger partial charge in [0.05, 0.1) is 0 Å². The second kappa shape index (κ2) is 4.57. The molecule has 1 aromatic rings. The lowest BCUT2D eigenvalue weighted by molar-refractivity contribution is 0.516. The number of hydrogen-bond acceptors (Lipinski definition) is 0. The van der Waals surface area contributed by atoms with Gasteiger partial charge >= 0.3 is 0 Å². The van der Waals surface area contributed by atoms with E-state index in [2.05, 4.69) is 44.9 Å². The lowest BCUT2D eigenvalue weighted by atomic mass is 9.90. The first kappa shape index (κ1) is 12.2. The molecular weight excluding hydrogens is 204 g/mol. The molecule has 1 aromatic carbocycles. The normalized spacial score (nSPS) is 16.9. The molecule has 0 saturated heterocycles. The summed E-state index contributed by atoms with van der Waals surface area (Å²) in [6.45, 7) is 6.90. The van der Waals surface area contributed by atoms with Crippen molar-refractivity contribution in [3.63, 3.8) is 0 Å². The van der Waals surface area contributed by atoms with Crippen LogP contribution in [0.15, 0.2) is 18.2 Å². The molecule has 0 spiro atoms. The summed E-state index contributed by atoms with van der Waals surface area (Å²) >= 11 is 0. The Hall–Kier alpha value is -1.22. The Morgan fingerprint density at radius 3 is 2.59 bits per heavy atom. The predicted molar refractivity (Wildman–Crippen MR) is 74.1 cm³/mol. The van der Waals surface area contributed by atoms with Gasteiger partial charge in [0.2, 0.25) is 0 Å². The van der Waals surface area contributed by atoms with Crippen LogP contribution in [0, 0.1) is 17.8 Å². The summed E-state index contributed by atoms with van der Waals surface area (Å²) in [5.74, 6) is 3.29. The summed E-state index contributed by atoms with van der Waals surface area (Å²) in [4.78, 5) is 0. The van der Waals surface area contributed by atoms with E-state index in [0.29, 0.717) is 11.3 Å². The average Bonchev–Trinajstić information content (AvgIpc) is 3.05. The van der Waals surface area contributed by atoms with Crippen molar-refractivity contribution in [3.8, 4) is 12.3 Å². The monoisotopic (exact) mass is 226 g/mol. The molecule has 0 nitrogen and oxygen atoms in total. The molecule has 0 heterocycles. The van der Waals surface area contributed by atoms with Gasteiger partial charge in [0.15, 0.2) is 0 Å². The second-order valence-corrected chi connectivity index (χ2v) is 6.02. The number of rotatable bonds is 4. The minimum Gasteiger partial charge on any atom is -0.115 e. The van der Waals surface area contributed by atoms with Crippen LogP contribution in [0.4, 0.5) is 0 Å². The highest BCUT2D eigenvalue weighted by Gasteiger charge is 2.36. The first-order valence-electron chi connectivity index (χ1n) is 6.63. The van der Waals surface area contributed by atoms with Crippen LogP contribution in [-0.4, -0.2) is 0 Å². The standard InChI is InChI=1S/C17H22/c1-5-14-6-7-15(16(12-14)13(2)3)8-9-17(4)10-11-17/h1,6-7,12-13H,8-11H2,2-4H3. The maximum atomic E-state index is 5.47. The summed E-state index contributed by atoms with van der Waals surface area (Å²) in [5.41, 5.74) is 4.57. The molecule has 0 aliphatic heterocycles. The minimum atomic E-state index is 0.560. The second-order valence-electron chi connectivity index (χ2n) is 6.02. The van der Waals surface area contributed by atoms with E-state index >= 15 is 0 Å². The molecule has 1 fully saturated rings. The fourth-order valence-electron chi connectivity index (χ4n) is 2.35. The molecule has 1 aliphatic rings. The number of terminal acetylenes is 1. The van der Waals surface area contributed by atoms with Crippen LogP contribution < -0.4 is 0 Å². The highest BCUT2D eigenvalue weighted by molar-refractivity contribution is 5.41. The first-order valence-corrected chi connectivity index (χ1v) is 6.63. The van der Waals surface area contributed by atoms with Crippen molar-refractivity contribution >= 4 is 0 Å². The molecular formula is C17H22. The Kier molecular flexibility index (Phi) is 3.29. The molecule has 17 heavy (non-hydrogen) atoms. The quantitative estimate of drug-likeness (QED) is 0.662. The zero-order valence-corrected chi connectivity index (χ0v) is 11.2. The van der Waals surface area contributed by atoms with Gasteiger partial charge < -0.3 is 0 Å². The van der Waals surface area contributed by atoms with Crippen molar-refractivity contribution in [3.05, 3.63) is 34.9 Å². The third-order valence-corrected chi connectivity index (χ3v) is 4.04. The zero-order valence-electron chi connectivity index (χ0n) is 11.2. The van der Waals surface area contributed by atoms with Crippen LogP contribution >= 0.6 is 0 Å². The summed E-state index contributed by atoms with van der Waals surface area (Å²) in [5, 5.41) is 0. The largest absolute Gasteiger partial charge is 0.115 e. The van der Waals surface area contributed by atoms with E-state index in [4.69, 9.17) is 6.42 Å². The van der Waals surface area contributed by atoms with Crippen LogP contribution in [-0.2, 0) is 6.42 Å². The predicted octanol–water partition coefficient (Wildman–Crippen LogP) is 4.52. The topological polar surface area (TPSA) is 0 Å². The van der Waals surface area contributed by atoms with E-state index in [9.17, 15) is 0 Å². The van der Waals surface area contributed by atoms with Crippen molar-refractivity contribution in [1.82, 2.24) is 0 Å². The first-order chi connectivity index (χ1) is 8.04. The third kappa shape index (κ3) is 2.91. The SMILES string of the molecule is C#Cc1ccc(CCC2(C)CC2)c(C(C)C)c1. The van der Waals surface area contributed by atoms with Crippen LogP contribution in [0.3, 0.4) is 0 Å². The van der Waals surface area contributed by atoms with Crippen LogP contribution in [0.5, 0.6) is 0 Å². The van der Waals surface area contributed by atoms with Crippen molar-refractivity contribution in [1.29, 1.82) is 0 Å². The van der Waals surface area contributed by atoms with Crippen molar-refractivity contribution in [2.24, 2.45) is 5.41 Å². The number of aryl methyl sites for hydroxylation is 1. The third-order valence-electron chi connectivity index (χ3n) is 4.04.